The third-order valence-corrected chi connectivity index (χ3v) is 4.03. The molecule has 2 aromatic heterocycles. The number of fused-ring (bicyclic) bond motifs is 1. The number of phenolic OH excluding ortho intramolecular Hbond substituents is 1. The Bertz CT molecular complexity index is 1010. The standard InChI is InChI=1S/C19H16N4O/c1-13-4-6-14(7-5-13)11-23-12-17(21-22-23)16-9-8-15-3-2-10-20-18(15)19(16)24/h2-10,12,24H,11H2,1H3. The maximum absolute atomic E-state index is 10.5. The van der Waals surface area contributed by atoms with Gasteiger partial charge in [0.25, 0.3) is 0 Å². The molecule has 0 atom stereocenters. The van der Waals surface area contributed by atoms with Gasteiger partial charge in [-0.1, -0.05) is 47.2 Å². The molecule has 4 aromatic rings. The molecule has 5 nitrogen and oxygen atoms in total. The van der Waals surface area contributed by atoms with Crippen molar-refractivity contribution in [2.45, 2.75) is 13.5 Å². The molecule has 2 heterocycles. The summed E-state index contributed by atoms with van der Waals surface area (Å²) in [6, 6.07) is 15.8. The minimum Gasteiger partial charge on any atom is -0.505 e. The number of benzene rings is 2. The number of hydrogen-bond acceptors (Lipinski definition) is 4. The molecule has 118 valence electrons. The van der Waals surface area contributed by atoms with Crippen molar-refractivity contribution in [2.24, 2.45) is 0 Å². The van der Waals surface area contributed by atoms with Crippen LogP contribution in [0.25, 0.3) is 22.2 Å². The minimum absolute atomic E-state index is 0.135. The monoisotopic (exact) mass is 316 g/mol. The third-order valence-electron chi connectivity index (χ3n) is 4.03. The first-order chi connectivity index (χ1) is 11.7. The van der Waals surface area contributed by atoms with E-state index >= 15 is 0 Å². The molecule has 0 radical (unpaired) electrons. The lowest BCUT2D eigenvalue weighted by Crippen LogP contribution is -2.00. The zero-order valence-corrected chi connectivity index (χ0v) is 13.2. The SMILES string of the molecule is Cc1ccc(Cn2cc(-c3ccc4cccnc4c3O)nn2)cc1. The van der Waals surface area contributed by atoms with Crippen LogP contribution >= 0.6 is 0 Å². The number of rotatable bonds is 3. The summed E-state index contributed by atoms with van der Waals surface area (Å²) in [5, 5.41) is 19.7. The molecule has 5 heteroatoms. The fourth-order valence-electron chi connectivity index (χ4n) is 2.72. The zero-order chi connectivity index (χ0) is 16.5. The van der Waals surface area contributed by atoms with Gasteiger partial charge in [-0.2, -0.15) is 0 Å². The smallest absolute Gasteiger partial charge is 0.151 e. The highest BCUT2D eigenvalue weighted by Gasteiger charge is 2.12. The second-order valence-corrected chi connectivity index (χ2v) is 5.82. The van der Waals surface area contributed by atoms with Crippen molar-refractivity contribution < 1.29 is 5.11 Å². The highest BCUT2D eigenvalue weighted by Crippen LogP contribution is 2.33. The van der Waals surface area contributed by atoms with Gasteiger partial charge in [0.15, 0.2) is 5.75 Å². The number of pyridine rings is 1. The zero-order valence-electron chi connectivity index (χ0n) is 13.2. The molecule has 4 rings (SSSR count). The van der Waals surface area contributed by atoms with E-state index < -0.39 is 0 Å². The van der Waals surface area contributed by atoms with Crippen molar-refractivity contribution in [1.82, 2.24) is 20.0 Å². The summed E-state index contributed by atoms with van der Waals surface area (Å²) in [4.78, 5) is 4.24. The molecular weight excluding hydrogens is 300 g/mol. The van der Waals surface area contributed by atoms with E-state index in [0.717, 1.165) is 10.9 Å². The number of nitrogens with zero attached hydrogens (tertiary/aromatic N) is 4. The second-order valence-electron chi connectivity index (χ2n) is 5.82. The molecule has 0 spiro atoms. The molecule has 0 saturated carbocycles. The minimum atomic E-state index is 0.135. The Hall–Kier alpha value is -3.21. The average molecular weight is 316 g/mol. The summed E-state index contributed by atoms with van der Waals surface area (Å²) < 4.78 is 1.77. The van der Waals surface area contributed by atoms with Gasteiger partial charge in [-0.25, -0.2) is 4.68 Å². The highest BCUT2D eigenvalue weighted by atomic mass is 16.3. The predicted molar refractivity (Wildman–Crippen MR) is 92.7 cm³/mol. The third kappa shape index (κ3) is 2.60. The maximum atomic E-state index is 10.5. The van der Waals surface area contributed by atoms with E-state index in [0.29, 0.717) is 23.3 Å². The van der Waals surface area contributed by atoms with Gasteiger partial charge in [0, 0.05) is 17.1 Å². The number of aromatic hydroxyl groups is 1. The molecule has 24 heavy (non-hydrogen) atoms. The second kappa shape index (κ2) is 5.77. The van der Waals surface area contributed by atoms with E-state index in [9.17, 15) is 5.11 Å². The molecule has 0 aliphatic carbocycles. The number of aryl methyl sites for hydroxylation is 1. The molecule has 0 aliphatic heterocycles. The summed E-state index contributed by atoms with van der Waals surface area (Å²) in [5.41, 5.74) is 4.22. The number of hydrogen-bond donors (Lipinski definition) is 1. The van der Waals surface area contributed by atoms with Crippen LogP contribution in [0.2, 0.25) is 0 Å². The van der Waals surface area contributed by atoms with Gasteiger partial charge in [0.05, 0.1) is 12.7 Å². The van der Waals surface area contributed by atoms with Crippen LogP contribution in [0.3, 0.4) is 0 Å². The molecule has 0 unspecified atom stereocenters. The summed E-state index contributed by atoms with van der Waals surface area (Å²) >= 11 is 0. The number of aromatic nitrogens is 4. The fourth-order valence-corrected chi connectivity index (χ4v) is 2.72. The Labute approximate surface area is 139 Å². The van der Waals surface area contributed by atoms with Crippen LogP contribution in [-0.4, -0.2) is 25.1 Å². The topological polar surface area (TPSA) is 63.8 Å². The Morgan fingerprint density at radius 1 is 1.04 bits per heavy atom. The van der Waals surface area contributed by atoms with E-state index in [1.165, 1.54) is 5.56 Å². The van der Waals surface area contributed by atoms with E-state index in [1.807, 2.05) is 30.5 Å². The summed E-state index contributed by atoms with van der Waals surface area (Å²) in [5.74, 6) is 0.135. The molecule has 2 aromatic carbocycles. The van der Waals surface area contributed by atoms with Crippen molar-refractivity contribution in [1.29, 1.82) is 0 Å². The van der Waals surface area contributed by atoms with Gasteiger partial charge in [0.1, 0.15) is 11.2 Å². The van der Waals surface area contributed by atoms with Gasteiger partial charge in [-0.15, -0.1) is 5.10 Å². The maximum Gasteiger partial charge on any atom is 0.151 e. The quantitative estimate of drug-likeness (QED) is 0.628. The molecule has 0 amide bonds. The fraction of sp³-hybridized carbons (Fsp3) is 0.105. The van der Waals surface area contributed by atoms with Crippen molar-refractivity contribution >= 4 is 10.9 Å². The van der Waals surface area contributed by atoms with Crippen molar-refractivity contribution in [2.75, 3.05) is 0 Å². The summed E-state index contributed by atoms with van der Waals surface area (Å²) in [6.07, 6.45) is 3.50. The van der Waals surface area contributed by atoms with E-state index in [2.05, 4.69) is 46.5 Å². The summed E-state index contributed by atoms with van der Waals surface area (Å²) in [7, 11) is 0. The van der Waals surface area contributed by atoms with Crippen LogP contribution in [0.1, 0.15) is 11.1 Å². The van der Waals surface area contributed by atoms with Crippen LogP contribution in [-0.2, 0) is 6.54 Å². The molecule has 0 aliphatic rings. The first-order valence-corrected chi connectivity index (χ1v) is 7.73. The average Bonchev–Trinajstić information content (AvgIpc) is 3.06. The lowest BCUT2D eigenvalue weighted by atomic mass is 10.1. The van der Waals surface area contributed by atoms with E-state index in [1.54, 1.807) is 10.9 Å². The van der Waals surface area contributed by atoms with Crippen LogP contribution in [0.4, 0.5) is 0 Å². The van der Waals surface area contributed by atoms with Crippen molar-refractivity contribution in [3.8, 4) is 17.0 Å². The first-order valence-electron chi connectivity index (χ1n) is 7.73. The molecule has 0 bridgehead atoms. The van der Waals surface area contributed by atoms with Gasteiger partial charge in [-0.3, -0.25) is 4.98 Å². The molecule has 1 N–H and O–H groups in total. The normalized spacial score (nSPS) is 11.0. The van der Waals surface area contributed by atoms with Gasteiger partial charge < -0.3 is 5.11 Å². The van der Waals surface area contributed by atoms with Gasteiger partial charge >= 0.3 is 0 Å². The van der Waals surface area contributed by atoms with E-state index in [4.69, 9.17) is 0 Å². The Morgan fingerprint density at radius 2 is 1.88 bits per heavy atom. The largest absolute Gasteiger partial charge is 0.505 e. The van der Waals surface area contributed by atoms with Crippen LogP contribution < -0.4 is 0 Å². The molecule has 0 saturated heterocycles. The van der Waals surface area contributed by atoms with Gasteiger partial charge in [0.2, 0.25) is 0 Å². The lowest BCUT2D eigenvalue weighted by Gasteiger charge is -2.04. The van der Waals surface area contributed by atoms with E-state index in [-0.39, 0.29) is 5.75 Å². The Morgan fingerprint density at radius 3 is 2.71 bits per heavy atom. The predicted octanol–water partition coefficient (Wildman–Crippen LogP) is 3.56. The van der Waals surface area contributed by atoms with Crippen LogP contribution in [0.5, 0.6) is 5.75 Å². The van der Waals surface area contributed by atoms with Gasteiger partial charge in [-0.05, 0) is 24.6 Å². The highest BCUT2D eigenvalue weighted by molar-refractivity contribution is 5.90. The van der Waals surface area contributed by atoms with Crippen molar-refractivity contribution in [3.63, 3.8) is 0 Å². The number of phenols is 1. The molecule has 0 fully saturated rings. The van der Waals surface area contributed by atoms with Crippen LogP contribution in [0.15, 0.2) is 60.9 Å². The van der Waals surface area contributed by atoms with Crippen molar-refractivity contribution in [3.05, 3.63) is 72.1 Å². The Balaban J connectivity index is 1.67. The lowest BCUT2D eigenvalue weighted by molar-refractivity contribution is 0.482. The first kappa shape index (κ1) is 14.4. The molecular formula is C19H16N4O. The summed E-state index contributed by atoms with van der Waals surface area (Å²) in [6.45, 7) is 2.70. The Kier molecular flexibility index (Phi) is 3.46. The van der Waals surface area contributed by atoms with Crippen LogP contribution in [0, 0.1) is 6.92 Å².